The molecule has 0 saturated heterocycles. The Morgan fingerprint density at radius 2 is 2.16 bits per heavy atom. The number of nitrogen functional groups attached to an aromatic ring is 1. The second-order valence-electron chi connectivity index (χ2n) is 4.48. The predicted molar refractivity (Wildman–Crippen MR) is 70.9 cm³/mol. The number of carbonyl (C=O) groups excluding carboxylic acids is 2. The van der Waals surface area contributed by atoms with Gasteiger partial charge in [-0.2, -0.15) is 0 Å². The van der Waals surface area contributed by atoms with Crippen LogP contribution >= 0.6 is 0 Å². The number of hydrogen-bond donors (Lipinski definition) is 3. The van der Waals surface area contributed by atoms with Crippen molar-refractivity contribution in [2.75, 3.05) is 19.4 Å². The largest absolute Gasteiger partial charge is 0.496 e. The van der Waals surface area contributed by atoms with E-state index >= 15 is 0 Å². The third-order valence-corrected chi connectivity index (χ3v) is 2.82. The van der Waals surface area contributed by atoms with E-state index in [2.05, 4.69) is 10.6 Å². The number of benzene rings is 1. The Kier molecular flexibility index (Phi) is 3.89. The molecule has 1 saturated carbocycles. The Morgan fingerprint density at radius 1 is 1.42 bits per heavy atom. The first kappa shape index (κ1) is 13.2. The number of amides is 2. The summed E-state index contributed by atoms with van der Waals surface area (Å²) < 4.78 is 5.09. The molecule has 0 aliphatic heterocycles. The van der Waals surface area contributed by atoms with Crippen molar-refractivity contribution in [3.63, 3.8) is 0 Å². The van der Waals surface area contributed by atoms with E-state index in [1.807, 2.05) is 0 Å². The molecule has 1 aliphatic carbocycles. The lowest BCUT2D eigenvalue weighted by molar-refractivity contribution is -0.120. The van der Waals surface area contributed by atoms with Crippen LogP contribution in [0.5, 0.6) is 5.75 Å². The van der Waals surface area contributed by atoms with Crippen molar-refractivity contribution >= 4 is 17.5 Å². The van der Waals surface area contributed by atoms with Crippen LogP contribution in [0.4, 0.5) is 5.69 Å². The highest BCUT2D eigenvalue weighted by Crippen LogP contribution is 2.21. The minimum absolute atomic E-state index is 0.0483. The fraction of sp³-hybridized carbons (Fsp3) is 0.385. The molecule has 0 aromatic heterocycles. The maximum Gasteiger partial charge on any atom is 0.255 e. The molecule has 19 heavy (non-hydrogen) atoms. The zero-order valence-corrected chi connectivity index (χ0v) is 10.7. The van der Waals surface area contributed by atoms with E-state index in [1.54, 1.807) is 12.1 Å². The second kappa shape index (κ2) is 5.60. The van der Waals surface area contributed by atoms with E-state index in [4.69, 9.17) is 10.5 Å². The molecule has 0 heterocycles. The van der Waals surface area contributed by atoms with Crippen LogP contribution in [0.3, 0.4) is 0 Å². The third kappa shape index (κ3) is 3.61. The first-order valence-corrected chi connectivity index (χ1v) is 6.11. The van der Waals surface area contributed by atoms with E-state index in [0.717, 1.165) is 12.8 Å². The molecule has 1 aromatic rings. The van der Waals surface area contributed by atoms with Gasteiger partial charge < -0.3 is 21.1 Å². The van der Waals surface area contributed by atoms with Crippen molar-refractivity contribution in [3.05, 3.63) is 23.8 Å². The van der Waals surface area contributed by atoms with E-state index in [0.29, 0.717) is 17.0 Å². The standard InChI is InChI=1S/C13H17N3O3/c1-19-11-5-2-8(14)6-10(11)13(18)15-7-12(17)16-9-3-4-9/h2,5-6,9H,3-4,7,14H2,1H3,(H,15,18)(H,16,17). The fourth-order valence-electron chi connectivity index (χ4n) is 1.67. The van der Waals surface area contributed by atoms with E-state index in [-0.39, 0.29) is 24.4 Å². The summed E-state index contributed by atoms with van der Waals surface area (Å²) in [4.78, 5) is 23.4. The molecule has 0 spiro atoms. The molecule has 1 fully saturated rings. The summed E-state index contributed by atoms with van der Waals surface area (Å²) in [7, 11) is 1.47. The molecule has 2 rings (SSSR count). The number of rotatable bonds is 5. The number of methoxy groups -OCH3 is 1. The van der Waals surface area contributed by atoms with Crippen molar-refractivity contribution in [2.45, 2.75) is 18.9 Å². The minimum Gasteiger partial charge on any atom is -0.496 e. The monoisotopic (exact) mass is 263 g/mol. The van der Waals surface area contributed by atoms with Gasteiger partial charge in [-0.05, 0) is 31.0 Å². The van der Waals surface area contributed by atoms with Crippen molar-refractivity contribution in [2.24, 2.45) is 0 Å². The first-order chi connectivity index (χ1) is 9.10. The van der Waals surface area contributed by atoms with Crippen LogP contribution in [-0.4, -0.2) is 31.5 Å². The van der Waals surface area contributed by atoms with Crippen molar-refractivity contribution in [1.82, 2.24) is 10.6 Å². The van der Waals surface area contributed by atoms with Gasteiger partial charge in [0.05, 0.1) is 19.2 Å². The van der Waals surface area contributed by atoms with Gasteiger partial charge in [0.2, 0.25) is 5.91 Å². The Morgan fingerprint density at radius 3 is 2.79 bits per heavy atom. The smallest absolute Gasteiger partial charge is 0.255 e. The number of carbonyl (C=O) groups is 2. The number of nitrogens with one attached hydrogen (secondary N) is 2. The van der Waals surface area contributed by atoms with Gasteiger partial charge in [-0.3, -0.25) is 9.59 Å². The summed E-state index contributed by atoms with van der Waals surface area (Å²) in [5, 5.41) is 5.34. The second-order valence-corrected chi connectivity index (χ2v) is 4.48. The molecule has 6 nitrogen and oxygen atoms in total. The van der Waals surface area contributed by atoms with Gasteiger partial charge in [-0.1, -0.05) is 0 Å². The van der Waals surface area contributed by atoms with Gasteiger partial charge in [0, 0.05) is 11.7 Å². The third-order valence-electron chi connectivity index (χ3n) is 2.82. The zero-order valence-electron chi connectivity index (χ0n) is 10.7. The highest BCUT2D eigenvalue weighted by atomic mass is 16.5. The van der Waals surface area contributed by atoms with Crippen LogP contribution < -0.4 is 21.1 Å². The van der Waals surface area contributed by atoms with Gasteiger partial charge in [0.15, 0.2) is 0 Å². The zero-order chi connectivity index (χ0) is 13.8. The number of hydrogen-bond acceptors (Lipinski definition) is 4. The molecule has 2 amide bonds. The Hall–Kier alpha value is -2.24. The molecule has 0 unspecified atom stereocenters. The number of ether oxygens (including phenoxy) is 1. The lowest BCUT2D eigenvalue weighted by Gasteiger charge is -2.10. The van der Waals surface area contributed by atoms with Crippen molar-refractivity contribution in [1.29, 1.82) is 0 Å². The number of nitrogens with two attached hydrogens (primary N) is 1. The first-order valence-electron chi connectivity index (χ1n) is 6.11. The molecule has 1 aromatic carbocycles. The molecule has 4 N–H and O–H groups in total. The molecule has 102 valence electrons. The molecular formula is C13H17N3O3. The van der Waals surface area contributed by atoms with Crippen LogP contribution in [0, 0.1) is 0 Å². The molecule has 0 bridgehead atoms. The quantitative estimate of drug-likeness (QED) is 0.665. The summed E-state index contributed by atoms with van der Waals surface area (Å²) in [5.74, 6) is -0.136. The van der Waals surface area contributed by atoms with Gasteiger partial charge in [-0.25, -0.2) is 0 Å². The maximum atomic E-state index is 12.0. The van der Waals surface area contributed by atoms with Gasteiger partial charge in [0.1, 0.15) is 5.75 Å². The van der Waals surface area contributed by atoms with Crippen LogP contribution in [0.25, 0.3) is 0 Å². The van der Waals surface area contributed by atoms with Crippen LogP contribution in [-0.2, 0) is 4.79 Å². The van der Waals surface area contributed by atoms with Crippen LogP contribution in [0.15, 0.2) is 18.2 Å². The Balaban J connectivity index is 1.94. The summed E-state index contributed by atoms with van der Waals surface area (Å²) in [6.07, 6.45) is 2.03. The fourth-order valence-corrected chi connectivity index (χ4v) is 1.67. The van der Waals surface area contributed by atoms with Crippen LogP contribution in [0.2, 0.25) is 0 Å². The topological polar surface area (TPSA) is 93.4 Å². The SMILES string of the molecule is COc1ccc(N)cc1C(=O)NCC(=O)NC1CC1. The summed E-state index contributed by atoms with van der Waals surface area (Å²) in [6, 6.07) is 5.07. The number of anilines is 1. The molecule has 0 atom stereocenters. The lowest BCUT2D eigenvalue weighted by atomic mass is 10.1. The Labute approximate surface area is 111 Å². The molecule has 1 aliphatic rings. The summed E-state index contributed by atoms with van der Waals surface area (Å²) >= 11 is 0. The van der Waals surface area contributed by atoms with Gasteiger partial charge in [0.25, 0.3) is 5.91 Å². The van der Waals surface area contributed by atoms with Gasteiger partial charge in [-0.15, -0.1) is 0 Å². The predicted octanol–water partition coefficient (Wildman–Crippen LogP) is 0.286. The highest BCUT2D eigenvalue weighted by molar-refractivity contribution is 5.99. The van der Waals surface area contributed by atoms with E-state index < -0.39 is 0 Å². The normalized spacial score (nSPS) is 13.7. The molecular weight excluding hydrogens is 246 g/mol. The van der Waals surface area contributed by atoms with Crippen molar-refractivity contribution in [3.8, 4) is 5.75 Å². The highest BCUT2D eigenvalue weighted by Gasteiger charge is 2.23. The van der Waals surface area contributed by atoms with Crippen LogP contribution in [0.1, 0.15) is 23.2 Å². The average Bonchev–Trinajstić information content (AvgIpc) is 3.19. The minimum atomic E-state index is -0.380. The lowest BCUT2D eigenvalue weighted by Crippen LogP contribution is -2.37. The molecule has 0 radical (unpaired) electrons. The summed E-state index contributed by atoms with van der Waals surface area (Å²) in [5.41, 5.74) is 6.42. The average molecular weight is 263 g/mol. The molecule has 6 heteroatoms. The van der Waals surface area contributed by atoms with Crippen molar-refractivity contribution < 1.29 is 14.3 Å². The van der Waals surface area contributed by atoms with Gasteiger partial charge >= 0.3 is 0 Å². The van der Waals surface area contributed by atoms with E-state index in [9.17, 15) is 9.59 Å². The Bertz CT molecular complexity index is 498. The maximum absolute atomic E-state index is 12.0. The summed E-state index contributed by atoms with van der Waals surface area (Å²) in [6.45, 7) is -0.0483. The van der Waals surface area contributed by atoms with E-state index in [1.165, 1.54) is 13.2 Å².